The number of hydrogen-bond donors (Lipinski definition) is 0. The molecule has 1 unspecified atom stereocenters. The molecule has 0 aliphatic rings. The van der Waals surface area contributed by atoms with Gasteiger partial charge < -0.3 is 9.47 Å². The van der Waals surface area contributed by atoms with E-state index in [0.29, 0.717) is 16.3 Å². The summed E-state index contributed by atoms with van der Waals surface area (Å²) in [6.45, 7) is 0.141. The monoisotopic (exact) mass is 291 g/mol. The van der Waals surface area contributed by atoms with E-state index in [0.717, 1.165) is 0 Å². The van der Waals surface area contributed by atoms with Gasteiger partial charge in [0.1, 0.15) is 18.3 Å². The summed E-state index contributed by atoms with van der Waals surface area (Å²) in [5.41, 5.74) is 0.685. The standard InChI is InChI=1S/C15H14ClNO3/c1-19-15(18)13(12-6-2-3-7-14(12)16)10-20-11-5-4-8-17-9-11/h2-9,13H,10H2,1H3. The van der Waals surface area contributed by atoms with Crippen molar-refractivity contribution in [2.24, 2.45) is 0 Å². The van der Waals surface area contributed by atoms with Crippen LogP contribution in [-0.4, -0.2) is 24.7 Å². The Kier molecular flexibility index (Phi) is 4.96. The van der Waals surface area contributed by atoms with Crippen molar-refractivity contribution in [2.45, 2.75) is 5.92 Å². The molecule has 2 rings (SSSR count). The molecule has 1 heterocycles. The second-order valence-corrected chi connectivity index (χ2v) is 4.50. The zero-order chi connectivity index (χ0) is 14.4. The van der Waals surface area contributed by atoms with Crippen LogP contribution < -0.4 is 4.74 Å². The summed E-state index contributed by atoms with van der Waals surface area (Å²) in [4.78, 5) is 15.9. The second kappa shape index (κ2) is 6.91. The number of aromatic nitrogens is 1. The largest absolute Gasteiger partial charge is 0.491 e. The lowest BCUT2D eigenvalue weighted by Crippen LogP contribution is -2.21. The molecular weight excluding hydrogens is 278 g/mol. The number of nitrogens with zero attached hydrogens (tertiary/aromatic N) is 1. The number of pyridine rings is 1. The molecule has 1 aromatic heterocycles. The highest BCUT2D eigenvalue weighted by Crippen LogP contribution is 2.26. The van der Waals surface area contributed by atoms with Crippen LogP contribution in [0.3, 0.4) is 0 Å². The zero-order valence-electron chi connectivity index (χ0n) is 11.0. The van der Waals surface area contributed by atoms with Crippen molar-refractivity contribution in [3.63, 3.8) is 0 Å². The van der Waals surface area contributed by atoms with Gasteiger partial charge in [-0.1, -0.05) is 29.8 Å². The average Bonchev–Trinajstić information content (AvgIpc) is 2.50. The highest BCUT2D eigenvalue weighted by molar-refractivity contribution is 6.31. The Morgan fingerprint density at radius 3 is 2.75 bits per heavy atom. The third-order valence-corrected chi connectivity index (χ3v) is 3.16. The molecule has 0 fully saturated rings. The lowest BCUT2D eigenvalue weighted by atomic mass is 10.00. The first kappa shape index (κ1) is 14.3. The Labute approximate surface area is 122 Å². The van der Waals surface area contributed by atoms with Gasteiger partial charge in [-0.3, -0.25) is 9.78 Å². The van der Waals surface area contributed by atoms with Crippen molar-refractivity contribution < 1.29 is 14.3 Å². The fourth-order valence-electron chi connectivity index (χ4n) is 1.80. The Morgan fingerprint density at radius 2 is 2.10 bits per heavy atom. The third-order valence-electron chi connectivity index (χ3n) is 2.82. The van der Waals surface area contributed by atoms with E-state index in [2.05, 4.69) is 4.98 Å². The predicted octanol–water partition coefficient (Wildman–Crippen LogP) is 3.07. The number of rotatable bonds is 5. The maximum atomic E-state index is 11.9. The first-order chi connectivity index (χ1) is 9.72. The molecule has 0 bridgehead atoms. The molecular formula is C15H14ClNO3. The summed E-state index contributed by atoms with van der Waals surface area (Å²) in [7, 11) is 1.34. The molecule has 0 radical (unpaired) electrons. The minimum atomic E-state index is -0.575. The van der Waals surface area contributed by atoms with E-state index in [1.807, 2.05) is 12.1 Å². The topological polar surface area (TPSA) is 48.4 Å². The fourth-order valence-corrected chi connectivity index (χ4v) is 2.06. The van der Waals surface area contributed by atoms with E-state index in [4.69, 9.17) is 21.1 Å². The molecule has 20 heavy (non-hydrogen) atoms. The van der Waals surface area contributed by atoms with Gasteiger partial charge >= 0.3 is 5.97 Å². The quantitative estimate of drug-likeness (QED) is 0.794. The zero-order valence-corrected chi connectivity index (χ0v) is 11.7. The van der Waals surface area contributed by atoms with Gasteiger partial charge in [-0.25, -0.2) is 0 Å². The maximum Gasteiger partial charge on any atom is 0.316 e. The first-order valence-corrected chi connectivity index (χ1v) is 6.45. The number of benzene rings is 1. The molecule has 0 aliphatic carbocycles. The van der Waals surface area contributed by atoms with Crippen LogP contribution in [0.5, 0.6) is 5.75 Å². The molecule has 2 aromatic rings. The lowest BCUT2D eigenvalue weighted by Gasteiger charge is -2.17. The van der Waals surface area contributed by atoms with E-state index in [1.54, 1.807) is 36.7 Å². The van der Waals surface area contributed by atoms with E-state index < -0.39 is 5.92 Å². The van der Waals surface area contributed by atoms with Crippen LogP contribution >= 0.6 is 11.6 Å². The molecule has 0 saturated carbocycles. The van der Waals surface area contributed by atoms with E-state index >= 15 is 0 Å². The average molecular weight is 292 g/mol. The number of carbonyl (C=O) groups excluding carboxylic acids is 1. The SMILES string of the molecule is COC(=O)C(COc1cccnc1)c1ccccc1Cl. The molecule has 1 aromatic carbocycles. The van der Waals surface area contributed by atoms with Crippen molar-refractivity contribution in [1.82, 2.24) is 4.98 Å². The number of halogens is 1. The van der Waals surface area contributed by atoms with Gasteiger partial charge in [0.2, 0.25) is 0 Å². The van der Waals surface area contributed by atoms with Crippen LogP contribution in [0.2, 0.25) is 5.02 Å². The van der Waals surface area contributed by atoms with Crippen molar-refractivity contribution in [2.75, 3.05) is 13.7 Å². The smallest absolute Gasteiger partial charge is 0.316 e. The van der Waals surface area contributed by atoms with Crippen LogP contribution in [0, 0.1) is 0 Å². The van der Waals surface area contributed by atoms with Crippen LogP contribution in [0.15, 0.2) is 48.8 Å². The highest BCUT2D eigenvalue weighted by atomic mass is 35.5. The van der Waals surface area contributed by atoms with Gasteiger partial charge in [-0.05, 0) is 23.8 Å². The first-order valence-electron chi connectivity index (χ1n) is 6.07. The Morgan fingerprint density at radius 1 is 1.30 bits per heavy atom. The number of ether oxygens (including phenoxy) is 2. The van der Waals surface area contributed by atoms with E-state index in [-0.39, 0.29) is 12.6 Å². The Hall–Kier alpha value is -2.07. The number of carbonyl (C=O) groups is 1. The molecule has 4 nitrogen and oxygen atoms in total. The molecule has 104 valence electrons. The highest BCUT2D eigenvalue weighted by Gasteiger charge is 2.24. The molecule has 0 saturated heterocycles. The summed E-state index contributed by atoms with van der Waals surface area (Å²) >= 11 is 6.13. The van der Waals surface area contributed by atoms with Gasteiger partial charge in [0.05, 0.1) is 13.3 Å². The number of esters is 1. The van der Waals surface area contributed by atoms with Crippen LogP contribution in [0.4, 0.5) is 0 Å². The van der Waals surface area contributed by atoms with Crippen molar-refractivity contribution in [1.29, 1.82) is 0 Å². The van der Waals surface area contributed by atoms with Gasteiger partial charge in [0.15, 0.2) is 0 Å². The Bertz CT molecular complexity index is 574. The number of methoxy groups -OCH3 is 1. The second-order valence-electron chi connectivity index (χ2n) is 4.10. The molecule has 0 amide bonds. The van der Waals surface area contributed by atoms with Crippen LogP contribution in [0.1, 0.15) is 11.5 Å². The molecule has 0 spiro atoms. The molecule has 0 aliphatic heterocycles. The fraction of sp³-hybridized carbons (Fsp3) is 0.200. The van der Waals surface area contributed by atoms with E-state index in [1.165, 1.54) is 7.11 Å². The predicted molar refractivity (Wildman–Crippen MR) is 75.9 cm³/mol. The lowest BCUT2D eigenvalue weighted by molar-refractivity contribution is -0.143. The summed E-state index contributed by atoms with van der Waals surface area (Å²) in [5.74, 6) is -0.371. The summed E-state index contributed by atoms with van der Waals surface area (Å²) in [6, 6.07) is 10.7. The summed E-state index contributed by atoms with van der Waals surface area (Å²) in [5, 5.41) is 0.512. The minimum Gasteiger partial charge on any atom is -0.491 e. The summed E-state index contributed by atoms with van der Waals surface area (Å²) in [6.07, 6.45) is 3.24. The van der Waals surface area contributed by atoms with Crippen molar-refractivity contribution in [3.8, 4) is 5.75 Å². The van der Waals surface area contributed by atoms with Gasteiger partial charge in [0, 0.05) is 11.2 Å². The normalized spacial score (nSPS) is 11.7. The molecule has 1 atom stereocenters. The third kappa shape index (κ3) is 3.48. The molecule has 0 N–H and O–H groups in total. The molecule has 5 heteroatoms. The van der Waals surface area contributed by atoms with Crippen LogP contribution in [-0.2, 0) is 9.53 Å². The summed E-state index contributed by atoms with van der Waals surface area (Å²) < 4.78 is 10.4. The van der Waals surface area contributed by atoms with Gasteiger partial charge in [-0.2, -0.15) is 0 Å². The minimum absolute atomic E-state index is 0.141. The van der Waals surface area contributed by atoms with Crippen LogP contribution in [0.25, 0.3) is 0 Å². The number of hydrogen-bond acceptors (Lipinski definition) is 4. The van der Waals surface area contributed by atoms with Gasteiger partial charge in [0.25, 0.3) is 0 Å². The Balaban J connectivity index is 2.17. The van der Waals surface area contributed by atoms with E-state index in [9.17, 15) is 4.79 Å². The van der Waals surface area contributed by atoms with Gasteiger partial charge in [-0.15, -0.1) is 0 Å². The van der Waals surface area contributed by atoms with Crippen molar-refractivity contribution in [3.05, 3.63) is 59.4 Å². The maximum absolute atomic E-state index is 11.9. The van der Waals surface area contributed by atoms with Crippen molar-refractivity contribution >= 4 is 17.6 Å².